The molecule has 0 aliphatic carbocycles. The van der Waals surface area contributed by atoms with Gasteiger partial charge in [-0.15, -0.1) is 0 Å². The second-order valence-electron chi connectivity index (χ2n) is 8.55. The highest BCUT2D eigenvalue weighted by atomic mass is 31.2. The Morgan fingerprint density at radius 2 is 1.48 bits per heavy atom. The van der Waals surface area contributed by atoms with Crippen LogP contribution in [0.2, 0.25) is 0 Å². The molecule has 0 amide bonds. The third kappa shape index (κ3) is 3.93. The molecule has 2 heteroatoms. The van der Waals surface area contributed by atoms with Gasteiger partial charge in [0.05, 0.1) is 0 Å². The normalized spacial score (nSPS) is 25.6. The van der Waals surface area contributed by atoms with Crippen molar-refractivity contribution in [2.24, 2.45) is 5.92 Å². The van der Waals surface area contributed by atoms with Crippen molar-refractivity contribution in [3.63, 3.8) is 0 Å². The summed E-state index contributed by atoms with van der Waals surface area (Å²) in [4.78, 5) is 0. The molecule has 1 saturated heterocycles. The molecule has 0 bridgehead atoms. The molecule has 0 saturated carbocycles. The average Bonchev–Trinajstić information content (AvgIpc) is 2.45. The Morgan fingerprint density at radius 1 is 0.957 bits per heavy atom. The Bertz CT molecular complexity index is 569. The van der Waals surface area contributed by atoms with E-state index in [0.717, 1.165) is 18.7 Å². The van der Waals surface area contributed by atoms with Crippen molar-refractivity contribution in [2.45, 2.75) is 79.1 Å². The van der Waals surface area contributed by atoms with Crippen LogP contribution in [-0.4, -0.2) is 12.3 Å². The van der Waals surface area contributed by atoms with Crippen LogP contribution >= 0.6 is 7.14 Å². The lowest BCUT2D eigenvalue weighted by Crippen LogP contribution is -2.27. The third-order valence-corrected chi connectivity index (χ3v) is 8.92. The van der Waals surface area contributed by atoms with Crippen LogP contribution in [0.4, 0.5) is 0 Å². The van der Waals surface area contributed by atoms with Crippen molar-refractivity contribution in [1.82, 2.24) is 0 Å². The quantitative estimate of drug-likeness (QED) is 0.576. The maximum atomic E-state index is 14.0. The van der Waals surface area contributed by atoms with E-state index in [1.54, 1.807) is 0 Å². The SMILES string of the molecule is CC(C)c1cc(C(C)C)c(P2(=O)CCC[C@@H](C)C2)c(C(C)C)c1. The molecule has 0 aromatic heterocycles. The Hall–Kier alpha value is -0.550. The van der Waals surface area contributed by atoms with Crippen molar-refractivity contribution in [3.05, 3.63) is 28.8 Å². The van der Waals surface area contributed by atoms with Gasteiger partial charge in [0, 0.05) is 17.6 Å². The largest absolute Gasteiger partial charge is 0.319 e. The van der Waals surface area contributed by atoms with E-state index < -0.39 is 7.14 Å². The molecule has 2 rings (SSSR count). The molecule has 130 valence electrons. The van der Waals surface area contributed by atoms with Gasteiger partial charge in [-0.3, -0.25) is 0 Å². The summed E-state index contributed by atoms with van der Waals surface area (Å²) in [6.45, 7) is 15.8. The van der Waals surface area contributed by atoms with Crippen LogP contribution < -0.4 is 5.30 Å². The highest BCUT2D eigenvalue weighted by Crippen LogP contribution is 2.54. The second kappa shape index (κ2) is 7.14. The molecule has 1 nitrogen and oxygen atoms in total. The summed E-state index contributed by atoms with van der Waals surface area (Å²) in [5.41, 5.74) is 4.12. The van der Waals surface area contributed by atoms with E-state index in [4.69, 9.17) is 0 Å². The monoisotopic (exact) mass is 334 g/mol. The van der Waals surface area contributed by atoms with E-state index >= 15 is 0 Å². The van der Waals surface area contributed by atoms with Gasteiger partial charge in [-0.05, 0) is 53.2 Å². The maximum Gasteiger partial charge on any atom is 0.116 e. The minimum absolute atomic E-state index is 0.434. The topological polar surface area (TPSA) is 17.1 Å². The highest BCUT2D eigenvalue weighted by molar-refractivity contribution is 7.71. The van der Waals surface area contributed by atoms with Crippen LogP contribution in [0.1, 0.15) is 95.8 Å². The fourth-order valence-corrected chi connectivity index (χ4v) is 8.03. The Labute approximate surface area is 143 Å². The number of rotatable bonds is 4. The van der Waals surface area contributed by atoms with Gasteiger partial charge in [0.1, 0.15) is 7.14 Å². The van der Waals surface area contributed by atoms with Crippen molar-refractivity contribution in [1.29, 1.82) is 0 Å². The molecule has 0 spiro atoms. The Morgan fingerprint density at radius 3 is 1.87 bits per heavy atom. The zero-order chi connectivity index (χ0) is 17.4. The highest BCUT2D eigenvalue weighted by Gasteiger charge is 2.35. The van der Waals surface area contributed by atoms with Gasteiger partial charge in [0.2, 0.25) is 0 Å². The van der Waals surface area contributed by atoms with Crippen molar-refractivity contribution >= 4 is 12.4 Å². The number of benzene rings is 1. The smallest absolute Gasteiger partial charge is 0.116 e. The molecule has 2 atom stereocenters. The molecule has 1 fully saturated rings. The Kier molecular flexibility index (Phi) is 5.83. The van der Waals surface area contributed by atoms with E-state index in [1.807, 2.05) is 0 Å². The van der Waals surface area contributed by atoms with Crippen molar-refractivity contribution in [2.75, 3.05) is 12.3 Å². The molecule has 23 heavy (non-hydrogen) atoms. The summed E-state index contributed by atoms with van der Waals surface area (Å²) in [6.07, 6.45) is 4.19. The number of hydrogen-bond donors (Lipinski definition) is 0. The summed E-state index contributed by atoms with van der Waals surface area (Å²) >= 11 is 0. The molecule has 0 radical (unpaired) electrons. The first-order valence-corrected chi connectivity index (χ1v) is 11.5. The summed E-state index contributed by atoms with van der Waals surface area (Å²) in [7, 11) is -2.26. The van der Waals surface area contributed by atoms with Crippen LogP contribution in [0.3, 0.4) is 0 Å². The summed E-state index contributed by atoms with van der Waals surface area (Å²) in [6, 6.07) is 4.71. The lowest BCUT2D eigenvalue weighted by molar-refractivity contribution is 0.517. The van der Waals surface area contributed by atoms with E-state index in [-0.39, 0.29) is 0 Å². The van der Waals surface area contributed by atoms with E-state index in [1.165, 1.54) is 28.4 Å². The van der Waals surface area contributed by atoms with Gasteiger partial charge in [-0.2, -0.15) is 0 Å². The van der Waals surface area contributed by atoms with E-state index in [0.29, 0.717) is 23.7 Å². The van der Waals surface area contributed by atoms with Gasteiger partial charge >= 0.3 is 0 Å². The maximum absolute atomic E-state index is 14.0. The predicted molar refractivity (Wildman–Crippen MR) is 104 cm³/mol. The third-order valence-electron chi connectivity index (χ3n) is 5.33. The van der Waals surface area contributed by atoms with Crippen LogP contribution in [-0.2, 0) is 4.57 Å². The fourth-order valence-electron chi connectivity index (χ4n) is 3.97. The second-order valence-corrected chi connectivity index (χ2v) is 11.6. The summed E-state index contributed by atoms with van der Waals surface area (Å²) in [5, 5.41) is 1.26. The van der Waals surface area contributed by atoms with Gasteiger partial charge in [0.25, 0.3) is 0 Å². The summed E-state index contributed by atoms with van der Waals surface area (Å²) in [5.74, 6) is 1.98. The molecule has 1 unspecified atom stereocenters. The van der Waals surface area contributed by atoms with Gasteiger partial charge in [-0.25, -0.2) is 0 Å². The predicted octanol–water partition coefficient (Wildman–Crippen LogP) is 6.48. The molecular weight excluding hydrogens is 299 g/mol. The van der Waals surface area contributed by atoms with Crippen LogP contribution in [0.25, 0.3) is 0 Å². The first kappa shape index (κ1) is 18.8. The van der Waals surface area contributed by atoms with Crippen LogP contribution in [0.15, 0.2) is 12.1 Å². The van der Waals surface area contributed by atoms with Crippen molar-refractivity contribution in [3.8, 4) is 0 Å². The minimum atomic E-state index is -2.26. The fraction of sp³-hybridized carbons (Fsp3) is 0.714. The zero-order valence-electron chi connectivity index (χ0n) is 16.1. The first-order chi connectivity index (χ1) is 10.7. The van der Waals surface area contributed by atoms with E-state index in [9.17, 15) is 4.57 Å². The molecule has 1 aromatic rings. The molecular formula is C21H35OP. The molecule has 1 aliphatic heterocycles. The molecule has 0 N–H and O–H groups in total. The minimum Gasteiger partial charge on any atom is -0.319 e. The first-order valence-electron chi connectivity index (χ1n) is 9.42. The average molecular weight is 334 g/mol. The number of hydrogen-bond acceptors (Lipinski definition) is 1. The lowest BCUT2D eigenvalue weighted by Gasteiger charge is -2.33. The van der Waals surface area contributed by atoms with Gasteiger partial charge < -0.3 is 4.57 Å². The summed E-state index contributed by atoms with van der Waals surface area (Å²) < 4.78 is 14.0. The zero-order valence-corrected chi connectivity index (χ0v) is 17.0. The molecule has 1 aliphatic rings. The molecule has 1 aromatic carbocycles. The van der Waals surface area contributed by atoms with Crippen LogP contribution in [0, 0.1) is 5.92 Å². The van der Waals surface area contributed by atoms with Gasteiger partial charge in [0.15, 0.2) is 0 Å². The Balaban J connectivity index is 2.71. The van der Waals surface area contributed by atoms with E-state index in [2.05, 4.69) is 60.6 Å². The standard InChI is InChI=1S/C21H35OP/c1-14(2)18-11-19(15(3)4)21(20(12-18)16(5)6)23(22)10-8-9-17(7)13-23/h11-12,14-17H,8-10,13H2,1-7H3/t17-,23?/m1/s1. The van der Waals surface area contributed by atoms with Crippen LogP contribution in [0.5, 0.6) is 0 Å². The lowest BCUT2D eigenvalue weighted by atomic mass is 9.89. The van der Waals surface area contributed by atoms with Gasteiger partial charge in [-0.1, -0.05) is 60.6 Å². The molecule has 1 heterocycles. The van der Waals surface area contributed by atoms with Crippen molar-refractivity contribution < 1.29 is 4.57 Å².